The van der Waals surface area contributed by atoms with Crippen molar-refractivity contribution < 1.29 is 5.21 Å². The van der Waals surface area contributed by atoms with Gasteiger partial charge in [0.25, 0.3) is 0 Å². The molecule has 4 N–H and O–H groups in total. The van der Waals surface area contributed by atoms with Crippen molar-refractivity contribution in [1.29, 1.82) is 0 Å². The van der Waals surface area contributed by atoms with Gasteiger partial charge in [-0.05, 0) is 0 Å². The Morgan fingerprint density at radius 1 is 1.57 bits per heavy atom. The van der Waals surface area contributed by atoms with Crippen molar-refractivity contribution in [2.75, 3.05) is 30.3 Å². The molecule has 0 radical (unpaired) electrons. The Balaban J connectivity index is 1.97. The van der Waals surface area contributed by atoms with E-state index in [-0.39, 0.29) is 0 Å². The van der Waals surface area contributed by atoms with Crippen molar-refractivity contribution in [1.82, 2.24) is 5.32 Å². The predicted octanol–water partition coefficient (Wildman–Crippen LogP) is 0.561. The monoisotopic (exact) mass is 235 g/mol. The van der Waals surface area contributed by atoms with Crippen LogP contribution in [0.5, 0.6) is 0 Å². The Morgan fingerprint density at radius 2 is 2.43 bits per heavy atom. The van der Waals surface area contributed by atoms with Gasteiger partial charge in [0.1, 0.15) is 5.84 Å². The van der Waals surface area contributed by atoms with E-state index < -0.39 is 0 Å². The van der Waals surface area contributed by atoms with Crippen LogP contribution in [0.3, 0.4) is 0 Å². The molecule has 1 unspecified atom stereocenters. The van der Waals surface area contributed by atoms with Gasteiger partial charge in [0.15, 0.2) is 0 Å². The number of oxime groups is 1. The van der Waals surface area contributed by atoms with Crippen LogP contribution in [0.15, 0.2) is 5.16 Å². The highest BCUT2D eigenvalue weighted by atomic mass is 32.2. The third-order valence-corrected chi connectivity index (χ3v) is 4.79. The molecule has 6 heteroatoms. The molecule has 1 heterocycles. The van der Waals surface area contributed by atoms with E-state index in [2.05, 4.69) is 10.5 Å². The third kappa shape index (κ3) is 4.97. The normalized spacial score (nSPS) is 23.7. The summed E-state index contributed by atoms with van der Waals surface area (Å²) in [4.78, 5) is 0. The zero-order valence-corrected chi connectivity index (χ0v) is 9.74. The van der Waals surface area contributed by atoms with Crippen LogP contribution in [-0.4, -0.2) is 46.6 Å². The van der Waals surface area contributed by atoms with Gasteiger partial charge in [-0.2, -0.15) is 23.5 Å². The summed E-state index contributed by atoms with van der Waals surface area (Å²) in [5, 5.41) is 15.3. The molecule has 0 amide bonds. The highest BCUT2D eigenvalue weighted by molar-refractivity contribution is 8.06. The van der Waals surface area contributed by atoms with Crippen LogP contribution in [-0.2, 0) is 0 Å². The molecule has 0 bridgehead atoms. The molecular weight excluding hydrogens is 218 g/mol. The molecule has 0 aromatic carbocycles. The molecule has 1 aliphatic heterocycles. The minimum absolute atomic E-state index is 0.295. The number of amidine groups is 1. The maximum absolute atomic E-state index is 8.31. The lowest BCUT2D eigenvalue weighted by Crippen LogP contribution is -2.31. The first-order valence-corrected chi connectivity index (χ1v) is 6.89. The van der Waals surface area contributed by atoms with E-state index in [9.17, 15) is 0 Å². The molecule has 1 saturated heterocycles. The summed E-state index contributed by atoms with van der Waals surface area (Å²) in [7, 11) is 0. The van der Waals surface area contributed by atoms with Gasteiger partial charge < -0.3 is 16.3 Å². The summed E-state index contributed by atoms with van der Waals surface area (Å²) in [6.07, 6.45) is 0.612. The van der Waals surface area contributed by atoms with Gasteiger partial charge in [0.2, 0.25) is 0 Å². The van der Waals surface area contributed by atoms with Gasteiger partial charge in [0.05, 0.1) is 0 Å². The Kier molecular flexibility index (Phi) is 6.22. The summed E-state index contributed by atoms with van der Waals surface area (Å²) in [6, 6.07) is 0. The van der Waals surface area contributed by atoms with Crippen LogP contribution >= 0.6 is 23.5 Å². The lowest BCUT2D eigenvalue weighted by molar-refractivity contribution is 0.316. The molecule has 0 saturated carbocycles. The fourth-order valence-electron chi connectivity index (χ4n) is 1.18. The summed E-state index contributed by atoms with van der Waals surface area (Å²) in [6.45, 7) is 1.81. The molecule has 0 aliphatic carbocycles. The van der Waals surface area contributed by atoms with Crippen molar-refractivity contribution in [2.45, 2.75) is 11.7 Å². The Labute approximate surface area is 93.1 Å². The quantitative estimate of drug-likeness (QED) is 0.214. The molecule has 82 valence electrons. The number of rotatable bonds is 5. The minimum Gasteiger partial charge on any atom is -0.409 e. The van der Waals surface area contributed by atoms with E-state index in [4.69, 9.17) is 10.9 Å². The maximum Gasteiger partial charge on any atom is 0.140 e. The van der Waals surface area contributed by atoms with Crippen LogP contribution in [0.1, 0.15) is 6.42 Å². The maximum atomic E-state index is 8.31. The molecular formula is C8H17N3OS2. The molecule has 1 fully saturated rings. The fraction of sp³-hybridized carbons (Fsp3) is 0.875. The number of nitrogens with two attached hydrogens (primary N) is 1. The van der Waals surface area contributed by atoms with Gasteiger partial charge in [-0.1, -0.05) is 5.16 Å². The molecule has 0 aromatic heterocycles. The molecule has 1 atom stereocenters. The SMILES string of the molecule is NC(CCNCC1CSCCS1)=NO. The first-order valence-electron chi connectivity index (χ1n) is 4.69. The van der Waals surface area contributed by atoms with Crippen molar-refractivity contribution in [3.8, 4) is 0 Å². The van der Waals surface area contributed by atoms with Crippen LogP contribution in [0.4, 0.5) is 0 Å². The summed E-state index contributed by atoms with van der Waals surface area (Å²) in [5.74, 6) is 4.08. The second-order valence-corrected chi connectivity index (χ2v) is 5.67. The van der Waals surface area contributed by atoms with E-state index in [1.807, 2.05) is 23.5 Å². The molecule has 0 spiro atoms. The smallest absolute Gasteiger partial charge is 0.140 e. The van der Waals surface area contributed by atoms with E-state index in [0.29, 0.717) is 12.3 Å². The average Bonchev–Trinajstić information content (AvgIpc) is 2.25. The highest BCUT2D eigenvalue weighted by Gasteiger charge is 2.13. The second-order valence-electron chi connectivity index (χ2n) is 3.11. The number of thioether (sulfide) groups is 2. The Hall–Kier alpha value is -0.0700. The fourth-order valence-corrected chi connectivity index (χ4v) is 3.83. The van der Waals surface area contributed by atoms with Gasteiger partial charge in [-0.3, -0.25) is 0 Å². The second kappa shape index (κ2) is 7.25. The van der Waals surface area contributed by atoms with Crippen molar-refractivity contribution in [3.05, 3.63) is 0 Å². The highest BCUT2D eigenvalue weighted by Crippen LogP contribution is 2.23. The van der Waals surface area contributed by atoms with Gasteiger partial charge in [-0.15, -0.1) is 0 Å². The van der Waals surface area contributed by atoms with Crippen LogP contribution < -0.4 is 11.1 Å². The van der Waals surface area contributed by atoms with Crippen LogP contribution in [0.2, 0.25) is 0 Å². The Morgan fingerprint density at radius 3 is 3.07 bits per heavy atom. The van der Waals surface area contributed by atoms with Crippen molar-refractivity contribution in [3.63, 3.8) is 0 Å². The predicted molar refractivity (Wildman–Crippen MR) is 64.5 cm³/mol. The standard InChI is InChI=1S/C8H17N3OS2/c9-8(11-12)1-2-10-5-7-6-13-3-4-14-7/h7,10,12H,1-6H2,(H2,9,11). The zero-order chi connectivity index (χ0) is 10.2. The third-order valence-electron chi connectivity index (χ3n) is 1.94. The molecule has 4 nitrogen and oxygen atoms in total. The number of nitrogens with zero attached hydrogens (tertiary/aromatic N) is 1. The van der Waals surface area contributed by atoms with Crippen molar-refractivity contribution in [2.24, 2.45) is 10.9 Å². The van der Waals surface area contributed by atoms with E-state index in [0.717, 1.165) is 18.3 Å². The largest absolute Gasteiger partial charge is 0.409 e. The summed E-state index contributed by atoms with van der Waals surface area (Å²) < 4.78 is 0. The number of nitrogens with one attached hydrogen (secondary N) is 1. The average molecular weight is 235 g/mol. The first kappa shape index (κ1) is 12.0. The summed E-state index contributed by atoms with van der Waals surface area (Å²) in [5.41, 5.74) is 5.34. The van der Waals surface area contributed by atoms with E-state index in [1.165, 1.54) is 17.3 Å². The molecule has 1 rings (SSSR count). The Bertz CT molecular complexity index is 183. The minimum atomic E-state index is 0.295. The van der Waals surface area contributed by atoms with Crippen molar-refractivity contribution >= 4 is 29.4 Å². The van der Waals surface area contributed by atoms with Gasteiger partial charge >= 0.3 is 0 Å². The van der Waals surface area contributed by atoms with E-state index >= 15 is 0 Å². The topological polar surface area (TPSA) is 70.6 Å². The zero-order valence-electron chi connectivity index (χ0n) is 8.11. The van der Waals surface area contributed by atoms with Crippen LogP contribution in [0, 0.1) is 0 Å². The van der Waals surface area contributed by atoms with E-state index in [1.54, 1.807) is 0 Å². The first-order chi connectivity index (χ1) is 6.83. The number of hydrogen-bond acceptors (Lipinski definition) is 5. The summed E-state index contributed by atoms with van der Waals surface area (Å²) >= 11 is 4.06. The lowest BCUT2D eigenvalue weighted by atomic mass is 10.4. The van der Waals surface area contributed by atoms with Gasteiger partial charge in [0, 0.05) is 42.0 Å². The molecule has 1 aliphatic rings. The lowest BCUT2D eigenvalue weighted by Gasteiger charge is -2.21. The van der Waals surface area contributed by atoms with Gasteiger partial charge in [-0.25, -0.2) is 0 Å². The molecule has 0 aromatic rings. The van der Waals surface area contributed by atoms with Crippen LogP contribution in [0.25, 0.3) is 0 Å². The molecule has 14 heavy (non-hydrogen) atoms. The number of hydrogen-bond donors (Lipinski definition) is 3.